The zero-order chi connectivity index (χ0) is 15.6. The maximum Gasteiger partial charge on any atom is 0.0705 e. The van der Waals surface area contributed by atoms with Crippen molar-refractivity contribution in [2.75, 3.05) is 20.1 Å². The maximum absolute atomic E-state index is 6.04. The van der Waals surface area contributed by atoms with E-state index in [1.807, 2.05) is 6.92 Å². The molecule has 1 unspecified atom stereocenters. The molecule has 0 radical (unpaired) electrons. The fourth-order valence-electron chi connectivity index (χ4n) is 2.88. The minimum Gasteiger partial charge on any atom is -0.329 e. The summed E-state index contributed by atoms with van der Waals surface area (Å²) in [5.74, 6) is 0. The van der Waals surface area contributed by atoms with E-state index in [0.29, 0.717) is 6.54 Å². The van der Waals surface area contributed by atoms with Crippen LogP contribution < -0.4 is 5.73 Å². The topological polar surface area (TPSA) is 42.1 Å². The van der Waals surface area contributed by atoms with E-state index in [0.717, 1.165) is 17.8 Å². The molecule has 2 N–H and O–H groups in total. The van der Waals surface area contributed by atoms with Crippen LogP contribution in [0.25, 0.3) is 10.9 Å². The molecule has 21 heavy (non-hydrogen) atoms. The number of pyridine rings is 1. The van der Waals surface area contributed by atoms with Gasteiger partial charge < -0.3 is 5.73 Å². The molecule has 114 valence electrons. The predicted molar refractivity (Wildman–Crippen MR) is 90.4 cm³/mol. The van der Waals surface area contributed by atoms with Crippen LogP contribution in [-0.2, 0) is 0 Å². The Labute approximate surface area is 128 Å². The van der Waals surface area contributed by atoms with Crippen molar-refractivity contribution in [3.8, 4) is 0 Å². The highest BCUT2D eigenvalue weighted by molar-refractivity contribution is 5.79. The molecular weight excluding hydrogens is 258 g/mol. The van der Waals surface area contributed by atoms with E-state index in [4.69, 9.17) is 5.73 Å². The Morgan fingerprint density at radius 1 is 1.19 bits per heavy atom. The van der Waals surface area contributed by atoms with Gasteiger partial charge in [-0.05, 0) is 43.1 Å². The molecule has 1 atom stereocenters. The zero-order valence-corrected chi connectivity index (χ0v) is 13.9. The Morgan fingerprint density at radius 2 is 1.90 bits per heavy atom. The first kappa shape index (κ1) is 15.9. The standard InChI is InChI=1S/C18H27N3/c1-13-6-7-14-10-15(8-9-16(14)20-13)17(11-19)21(5)12-18(2,3)4/h6-10,17H,11-12,19H2,1-5H3. The molecule has 0 fully saturated rings. The van der Waals surface area contributed by atoms with Crippen LogP contribution in [0.3, 0.4) is 0 Å². The average molecular weight is 285 g/mol. The van der Waals surface area contributed by atoms with E-state index in [1.165, 1.54) is 10.9 Å². The summed E-state index contributed by atoms with van der Waals surface area (Å²) in [4.78, 5) is 6.91. The summed E-state index contributed by atoms with van der Waals surface area (Å²) in [7, 11) is 2.15. The largest absolute Gasteiger partial charge is 0.329 e. The number of fused-ring (bicyclic) bond motifs is 1. The molecule has 3 nitrogen and oxygen atoms in total. The van der Waals surface area contributed by atoms with Gasteiger partial charge in [0.05, 0.1) is 5.52 Å². The average Bonchev–Trinajstić information content (AvgIpc) is 2.37. The van der Waals surface area contributed by atoms with Crippen molar-refractivity contribution in [1.82, 2.24) is 9.88 Å². The first-order chi connectivity index (χ1) is 9.80. The van der Waals surface area contributed by atoms with Crippen LogP contribution in [0, 0.1) is 12.3 Å². The molecule has 1 aromatic carbocycles. The monoisotopic (exact) mass is 285 g/mol. The second kappa shape index (κ2) is 6.12. The van der Waals surface area contributed by atoms with Crippen molar-refractivity contribution in [1.29, 1.82) is 0 Å². The number of hydrogen-bond acceptors (Lipinski definition) is 3. The summed E-state index contributed by atoms with van der Waals surface area (Å²) >= 11 is 0. The first-order valence-electron chi connectivity index (χ1n) is 7.58. The summed E-state index contributed by atoms with van der Waals surface area (Å²) in [5, 5.41) is 1.18. The summed E-state index contributed by atoms with van der Waals surface area (Å²) in [6, 6.07) is 10.9. The Bertz CT molecular complexity index is 613. The van der Waals surface area contributed by atoms with Gasteiger partial charge in [-0.15, -0.1) is 0 Å². The lowest BCUT2D eigenvalue weighted by atomic mass is 9.94. The van der Waals surface area contributed by atoms with Crippen molar-refractivity contribution < 1.29 is 0 Å². The van der Waals surface area contributed by atoms with Gasteiger partial charge in [0.2, 0.25) is 0 Å². The van der Waals surface area contributed by atoms with E-state index in [-0.39, 0.29) is 11.5 Å². The van der Waals surface area contributed by atoms with E-state index in [1.54, 1.807) is 0 Å². The van der Waals surface area contributed by atoms with Crippen LogP contribution >= 0.6 is 0 Å². The van der Waals surface area contributed by atoms with E-state index in [9.17, 15) is 0 Å². The van der Waals surface area contributed by atoms with Gasteiger partial charge >= 0.3 is 0 Å². The third-order valence-corrected chi connectivity index (χ3v) is 3.72. The van der Waals surface area contributed by atoms with E-state index < -0.39 is 0 Å². The number of nitrogens with zero attached hydrogens (tertiary/aromatic N) is 2. The van der Waals surface area contributed by atoms with Crippen LogP contribution in [0.15, 0.2) is 30.3 Å². The third-order valence-electron chi connectivity index (χ3n) is 3.72. The number of aromatic nitrogens is 1. The fraction of sp³-hybridized carbons (Fsp3) is 0.500. The number of likely N-dealkylation sites (N-methyl/N-ethyl adjacent to an activating group) is 1. The van der Waals surface area contributed by atoms with Gasteiger partial charge in [-0.2, -0.15) is 0 Å². The minimum atomic E-state index is 0.245. The van der Waals surface area contributed by atoms with Crippen LogP contribution in [0.5, 0.6) is 0 Å². The Kier molecular flexibility index (Phi) is 4.64. The Balaban J connectivity index is 2.31. The smallest absolute Gasteiger partial charge is 0.0705 e. The van der Waals surface area contributed by atoms with Crippen molar-refractivity contribution in [3.63, 3.8) is 0 Å². The summed E-state index contributed by atoms with van der Waals surface area (Å²) in [6.07, 6.45) is 0. The molecule has 0 amide bonds. The molecule has 2 rings (SSSR count). The van der Waals surface area contributed by atoms with Crippen molar-refractivity contribution in [3.05, 3.63) is 41.6 Å². The molecule has 1 heterocycles. The second-order valence-electron chi connectivity index (χ2n) is 7.13. The molecule has 0 aliphatic carbocycles. The molecular formula is C18H27N3. The highest BCUT2D eigenvalue weighted by Crippen LogP contribution is 2.25. The number of aryl methyl sites for hydroxylation is 1. The Hall–Kier alpha value is -1.45. The zero-order valence-electron chi connectivity index (χ0n) is 13.9. The summed E-state index contributed by atoms with van der Waals surface area (Å²) < 4.78 is 0. The minimum absolute atomic E-state index is 0.245. The third kappa shape index (κ3) is 4.02. The summed E-state index contributed by atoms with van der Waals surface area (Å²) in [5.41, 5.74) is 9.66. The molecule has 0 saturated heterocycles. The van der Waals surface area contributed by atoms with Crippen LogP contribution in [0.2, 0.25) is 0 Å². The maximum atomic E-state index is 6.04. The van der Waals surface area contributed by atoms with E-state index in [2.05, 4.69) is 68.0 Å². The quantitative estimate of drug-likeness (QED) is 0.934. The molecule has 0 spiro atoms. The lowest BCUT2D eigenvalue weighted by Gasteiger charge is -2.33. The fourth-order valence-corrected chi connectivity index (χ4v) is 2.88. The highest BCUT2D eigenvalue weighted by Gasteiger charge is 2.21. The lowest BCUT2D eigenvalue weighted by Crippen LogP contribution is -2.36. The number of rotatable bonds is 4. The van der Waals surface area contributed by atoms with Gasteiger partial charge in [-0.3, -0.25) is 9.88 Å². The van der Waals surface area contributed by atoms with Crippen LogP contribution in [0.1, 0.15) is 38.1 Å². The van der Waals surface area contributed by atoms with Gasteiger partial charge in [0, 0.05) is 30.2 Å². The summed E-state index contributed by atoms with van der Waals surface area (Å²) in [6.45, 7) is 10.4. The van der Waals surface area contributed by atoms with Crippen LogP contribution in [0.4, 0.5) is 0 Å². The second-order valence-corrected chi connectivity index (χ2v) is 7.13. The van der Waals surface area contributed by atoms with Crippen LogP contribution in [-0.4, -0.2) is 30.0 Å². The predicted octanol–water partition coefficient (Wildman–Crippen LogP) is 3.52. The van der Waals surface area contributed by atoms with Gasteiger partial charge in [0.25, 0.3) is 0 Å². The number of hydrogen-bond donors (Lipinski definition) is 1. The highest BCUT2D eigenvalue weighted by atomic mass is 15.1. The van der Waals surface area contributed by atoms with Gasteiger partial charge in [0.1, 0.15) is 0 Å². The number of benzene rings is 1. The van der Waals surface area contributed by atoms with Crippen molar-refractivity contribution in [2.45, 2.75) is 33.7 Å². The van der Waals surface area contributed by atoms with Gasteiger partial charge in [-0.1, -0.05) is 32.9 Å². The molecule has 3 heteroatoms. The van der Waals surface area contributed by atoms with Crippen molar-refractivity contribution >= 4 is 10.9 Å². The molecule has 0 bridgehead atoms. The normalized spacial score (nSPS) is 13.9. The molecule has 0 aliphatic heterocycles. The number of nitrogens with two attached hydrogens (primary N) is 1. The molecule has 0 saturated carbocycles. The molecule has 2 aromatic rings. The lowest BCUT2D eigenvalue weighted by molar-refractivity contribution is 0.176. The Morgan fingerprint density at radius 3 is 2.52 bits per heavy atom. The van der Waals surface area contributed by atoms with Crippen molar-refractivity contribution in [2.24, 2.45) is 11.1 Å². The van der Waals surface area contributed by atoms with E-state index >= 15 is 0 Å². The molecule has 0 aliphatic rings. The first-order valence-corrected chi connectivity index (χ1v) is 7.58. The molecule has 1 aromatic heterocycles. The van der Waals surface area contributed by atoms with Gasteiger partial charge in [0.15, 0.2) is 0 Å². The van der Waals surface area contributed by atoms with Gasteiger partial charge in [-0.25, -0.2) is 0 Å². The SMILES string of the molecule is Cc1ccc2cc(C(CN)N(C)CC(C)(C)C)ccc2n1.